The number of nitrogens with zero attached hydrogens (tertiary/aromatic N) is 1. The van der Waals surface area contributed by atoms with Crippen molar-refractivity contribution >= 4 is 11.6 Å². The van der Waals surface area contributed by atoms with Crippen molar-refractivity contribution in [2.75, 3.05) is 26.1 Å². The molecule has 2 bridgehead atoms. The Labute approximate surface area is 159 Å². The molecule has 1 aromatic rings. The molecular weight excluding hydrogens is 342 g/mol. The molecule has 6 heteroatoms. The van der Waals surface area contributed by atoms with Crippen molar-refractivity contribution in [3.05, 3.63) is 18.2 Å². The van der Waals surface area contributed by atoms with Gasteiger partial charge in [-0.2, -0.15) is 0 Å². The lowest BCUT2D eigenvalue weighted by Gasteiger charge is -2.51. The van der Waals surface area contributed by atoms with E-state index in [1.54, 1.807) is 14.2 Å². The number of hydrogen-bond acceptors (Lipinski definition) is 4. The Kier molecular flexibility index (Phi) is 3.03. The summed E-state index contributed by atoms with van der Waals surface area (Å²) < 4.78 is 10.6. The molecule has 5 saturated carbocycles. The van der Waals surface area contributed by atoms with Gasteiger partial charge in [0.25, 0.3) is 0 Å². The molecule has 5 fully saturated rings. The smallest absolute Gasteiger partial charge is 0.193 e. The van der Waals surface area contributed by atoms with Gasteiger partial charge in [0.2, 0.25) is 0 Å². The van der Waals surface area contributed by atoms with E-state index in [0.717, 1.165) is 41.2 Å². The predicted molar refractivity (Wildman–Crippen MR) is 102 cm³/mol. The lowest BCUT2D eigenvalue weighted by Crippen LogP contribution is -2.56. The summed E-state index contributed by atoms with van der Waals surface area (Å²) in [6.07, 6.45) is 2.73. The van der Waals surface area contributed by atoms with E-state index in [0.29, 0.717) is 35.8 Å². The number of hydrogen-bond donors (Lipinski definition) is 3. The molecule has 0 amide bonds. The summed E-state index contributed by atoms with van der Waals surface area (Å²) in [6.45, 7) is 0.425. The highest BCUT2D eigenvalue weighted by atomic mass is 16.5. The number of ether oxygens (including phenoxy) is 2. The lowest BCUT2D eigenvalue weighted by molar-refractivity contribution is -0.123. The zero-order chi connectivity index (χ0) is 18.5. The Bertz CT molecular complexity index is 836. The number of fused-ring (bicyclic) bond motifs is 2. The number of nitrogens with two attached hydrogens (primary N) is 1. The molecule has 4 N–H and O–H groups in total. The van der Waals surface area contributed by atoms with Crippen molar-refractivity contribution in [3.8, 4) is 11.5 Å². The highest BCUT2D eigenvalue weighted by molar-refractivity contribution is 5.92. The highest BCUT2D eigenvalue weighted by Gasteiger charge is 2.84. The number of guanidine groups is 1. The highest BCUT2D eigenvalue weighted by Crippen LogP contribution is 2.85. The van der Waals surface area contributed by atoms with Gasteiger partial charge in [0.15, 0.2) is 17.5 Å². The molecule has 0 spiro atoms. The molecule has 1 aromatic carbocycles. The first-order chi connectivity index (χ1) is 13.1. The van der Waals surface area contributed by atoms with Crippen LogP contribution in [0.2, 0.25) is 0 Å². The van der Waals surface area contributed by atoms with Crippen LogP contribution >= 0.6 is 0 Å². The Morgan fingerprint density at radius 2 is 1.85 bits per heavy atom. The summed E-state index contributed by atoms with van der Waals surface area (Å²) in [6, 6.07) is 5.54. The number of aliphatic imine (C=N–C) groups is 1. The van der Waals surface area contributed by atoms with Gasteiger partial charge in [-0.3, -0.25) is 4.99 Å². The molecule has 5 aliphatic carbocycles. The fourth-order valence-corrected chi connectivity index (χ4v) is 8.25. The van der Waals surface area contributed by atoms with Gasteiger partial charge >= 0.3 is 0 Å². The van der Waals surface area contributed by atoms with Crippen molar-refractivity contribution in [3.63, 3.8) is 0 Å². The molecule has 9 unspecified atom stereocenters. The fraction of sp³-hybridized carbons (Fsp3) is 0.667. The number of methoxy groups -OCH3 is 2. The van der Waals surface area contributed by atoms with Gasteiger partial charge in [-0.25, -0.2) is 0 Å². The van der Waals surface area contributed by atoms with Crippen molar-refractivity contribution in [1.29, 1.82) is 0 Å². The van der Waals surface area contributed by atoms with Gasteiger partial charge < -0.3 is 25.6 Å². The van der Waals surface area contributed by atoms with Crippen LogP contribution in [0.3, 0.4) is 0 Å². The molecule has 144 valence electrons. The number of nitrogens with one attached hydrogen (secondary N) is 1. The molecule has 6 nitrogen and oxygen atoms in total. The second-order valence-electron chi connectivity index (χ2n) is 9.22. The molecule has 9 atom stereocenters. The van der Waals surface area contributed by atoms with Gasteiger partial charge in [0.05, 0.1) is 26.4 Å². The summed E-state index contributed by atoms with van der Waals surface area (Å²) >= 11 is 0. The second kappa shape index (κ2) is 5.10. The predicted octanol–water partition coefficient (Wildman–Crippen LogP) is 1.94. The van der Waals surface area contributed by atoms with Gasteiger partial charge in [0, 0.05) is 11.8 Å². The summed E-state index contributed by atoms with van der Waals surface area (Å²) in [4.78, 5) is 4.58. The Morgan fingerprint density at radius 1 is 1.11 bits per heavy atom. The van der Waals surface area contributed by atoms with E-state index in [-0.39, 0.29) is 0 Å². The van der Waals surface area contributed by atoms with Crippen LogP contribution in [-0.4, -0.2) is 37.4 Å². The molecule has 27 heavy (non-hydrogen) atoms. The minimum atomic E-state index is -0.630. The fourth-order valence-electron chi connectivity index (χ4n) is 8.25. The normalized spacial score (nSPS) is 47.4. The van der Waals surface area contributed by atoms with Crippen molar-refractivity contribution in [1.82, 2.24) is 0 Å². The topological polar surface area (TPSA) is 89.1 Å². The van der Waals surface area contributed by atoms with Crippen LogP contribution in [0.5, 0.6) is 11.5 Å². The van der Waals surface area contributed by atoms with Crippen molar-refractivity contribution in [2.24, 2.45) is 58.1 Å². The number of rotatable bonds is 5. The van der Waals surface area contributed by atoms with Crippen molar-refractivity contribution in [2.45, 2.75) is 18.4 Å². The van der Waals surface area contributed by atoms with E-state index in [9.17, 15) is 5.11 Å². The lowest BCUT2D eigenvalue weighted by atomic mass is 9.56. The minimum Gasteiger partial charge on any atom is -0.493 e. The van der Waals surface area contributed by atoms with Crippen LogP contribution < -0.4 is 20.5 Å². The molecular formula is C21H27N3O3. The van der Waals surface area contributed by atoms with Crippen LogP contribution in [0.1, 0.15) is 12.8 Å². The van der Waals surface area contributed by atoms with Crippen LogP contribution in [0.25, 0.3) is 0 Å². The van der Waals surface area contributed by atoms with Gasteiger partial charge in [-0.1, -0.05) is 0 Å². The summed E-state index contributed by atoms with van der Waals surface area (Å²) in [7, 11) is 3.22. The zero-order valence-electron chi connectivity index (χ0n) is 15.8. The number of aliphatic hydroxyl groups is 1. The summed E-state index contributed by atoms with van der Waals surface area (Å²) in [5.41, 5.74) is 6.31. The van der Waals surface area contributed by atoms with Gasteiger partial charge in [-0.05, 0) is 72.3 Å². The van der Waals surface area contributed by atoms with Crippen LogP contribution in [-0.2, 0) is 0 Å². The van der Waals surface area contributed by atoms with E-state index in [4.69, 9.17) is 15.2 Å². The van der Waals surface area contributed by atoms with E-state index >= 15 is 0 Å². The third kappa shape index (κ3) is 1.78. The third-order valence-electron chi connectivity index (χ3n) is 8.68. The number of benzene rings is 1. The molecule has 0 radical (unpaired) electrons. The summed E-state index contributed by atoms with van der Waals surface area (Å²) in [5.74, 6) is 7.47. The van der Waals surface area contributed by atoms with Crippen LogP contribution in [0.15, 0.2) is 23.2 Å². The van der Waals surface area contributed by atoms with Gasteiger partial charge in [0.1, 0.15) is 0 Å². The maximum Gasteiger partial charge on any atom is 0.193 e. The maximum atomic E-state index is 11.6. The second-order valence-corrected chi connectivity index (χ2v) is 9.22. The van der Waals surface area contributed by atoms with Gasteiger partial charge in [-0.15, -0.1) is 0 Å². The monoisotopic (exact) mass is 369 g/mol. The first-order valence-corrected chi connectivity index (χ1v) is 10.1. The quantitative estimate of drug-likeness (QED) is 0.545. The first-order valence-electron chi connectivity index (χ1n) is 10.1. The van der Waals surface area contributed by atoms with Crippen molar-refractivity contribution < 1.29 is 14.6 Å². The van der Waals surface area contributed by atoms with E-state index in [1.807, 2.05) is 18.2 Å². The maximum absolute atomic E-state index is 11.6. The van der Waals surface area contributed by atoms with E-state index in [2.05, 4.69) is 10.3 Å². The average molecular weight is 369 g/mol. The average Bonchev–Trinajstić information content (AvgIpc) is 3.19. The third-order valence-corrected chi connectivity index (χ3v) is 8.68. The van der Waals surface area contributed by atoms with E-state index < -0.39 is 5.60 Å². The zero-order valence-corrected chi connectivity index (χ0v) is 15.8. The molecule has 0 aromatic heterocycles. The van der Waals surface area contributed by atoms with Crippen LogP contribution in [0, 0.1) is 47.3 Å². The molecule has 6 rings (SSSR count). The first kappa shape index (κ1) is 16.0. The molecule has 0 saturated heterocycles. The Morgan fingerprint density at radius 3 is 2.63 bits per heavy atom. The minimum absolute atomic E-state index is 0.342. The van der Waals surface area contributed by atoms with Crippen LogP contribution in [0.4, 0.5) is 5.69 Å². The number of anilines is 1. The Balaban J connectivity index is 1.20. The molecule has 0 heterocycles. The standard InChI is InChI=1S/C21H27N3O3/c1-26-14-4-3-9(5-15(14)27-2)24-20(22)23-8-21(25)18-11-7-12-16-10(11)6-13(18)17(16)19(12)21/h3-5,10-13,16-19,25H,6-8H2,1-2H3,(H3,22,23,24). The SMILES string of the molecule is COc1ccc(NC(N)=NCC2(O)C3C4CC5C6C4CC3C6C52)cc1OC. The molecule has 5 aliphatic rings. The largest absolute Gasteiger partial charge is 0.493 e. The Hall–Kier alpha value is -1.95. The molecule has 0 aliphatic heterocycles. The summed E-state index contributed by atoms with van der Waals surface area (Å²) in [5, 5.41) is 14.7. The van der Waals surface area contributed by atoms with E-state index in [1.165, 1.54) is 12.8 Å².